The predicted octanol–water partition coefficient (Wildman–Crippen LogP) is 1.56. The Morgan fingerprint density at radius 2 is 2.04 bits per heavy atom. The average Bonchev–Trinajstić information content (AvgIpc) is 3.34. The predicted molar refractivity (Wildman–Crippen MR) is 120 cm³/mol. The maximum absolute atomic E-state index is 12.5. The van der Waals surface area contributed by atoms with Gasteiger partial charge < -0.3 is 24.4 Å². The molecule has 28 heavy (non-hydrogen) atoms. The number of ether oxygens (including phenoxy) is 1. The number of hydrogen-bond donors (Lipinski definition) is 1. The maximum Gasteiger partial charge on any atom is 0.251 e. The molecule has 2 fully saturated rings. The number of nitrogens with zero attached hydrogens (tertiary/aromatic N) is 5. The molecule has 0 spiro atoms. The van der Waals surface area contributed by atoms with Gasteiger partial charge in [-0.2, -0.15) is 0 Å². The lowest BCUT2D eigenvalue weighted by molar-refractivity contribution is -0.142. The van der Waals surface area contributed by atoms with E-state index in [1.165, 1.54) is 0 Å². The summed E-state index contributed by atoms with van der Waals surface area (Å²) in [6, 6.07) is 0. The monoisotopic (exact) mass is 504 g/mol. The summed E-state index contributed by atoms with van der Waals surface area (Å²) < 4.78 is 7.72. The second-order valence-electron chi connectivity index (χ2n) is 7.60. The Labute approximate surface area is 184 Å². The number of carbonyl (C=O) groups is 1. The van der Waals surface area contributed by atoms with Crippen molar-refractivity contribution in [1.29, 1.82) is 0 Å². The summed E-state index contributed by atoms with van der Waals surface area (Å²) in [6.07, 6.45) is 5.48. The first-order chi connectivity index (χ1) is 13.1. The molecule has 158 valence electrons. The number of piperazine rings is 1. The van der Waals surface area contributed by atoms with Crippen LogP contribution in [0.25, 0.3) is 0 Å². The Balaban J connectivity index is 0.00000280. The minimum absolute atomic E-state index is 0. The summed E-state index contributed by atoms with van der Waals surface area (Å²) in [4.78, 5) is 25.5. The van der Waals surface area contributed by atoms with Gasteiger partial charge >= 0.3 is 0 Å². The van der Waals surface area contributed by atoms with Crippen LogP contribution in [0, 0.1) is 5.92 Å². The number of guanidine groups is 1. The summed E-state index contributed by atoms with van der Waals surface area (Å²) >= 11 is 0. The largest absolute Gasteiger partial charge is 0.368 e. The van der Waals surface area contributed by atoms with E-state index in [2.05, 4.69) is 38.6 Å². The molecule has 0 saturated carbocycles. The standard InChI is InChI=1S/C19H32N6O2.HI/c1-15(2)14-25-7-6-21-17(25)13-22-19(20-3)24-10-8-23(9-11-24)18(26)16-5-4-12-27-16;/h6-7,15-16H,4-5,8-14H2,1-3H3,(H,20,22);1H. The van der Waals surface area contributed by atoms with Gasteiger partial charge in [0.25, 0.3) is 5.91 Å². The van der Waals surface area contributed by atoms with Crippen LogP contribution in [0.4, 0.5) is 0 Å². The van der Waals surface area contributed by atoms with Crippen LogP contribution in [0.2, 0.25) is 0 Å². The van der Waals surface area contributed by atoms with Crippen molar-refractivity contribution in [2.75, 3.05) is 39.8 Å². The fraction of sp³-hybridized carbons (Fsp3) is 0.737. The number of hydrogen-bond acceptors (Lipinski definition) is 4. The Morgan fingerprint density at radius 3 is 2.64 bits per heavy atom. The van der Waals surface area contributed by atoms with Crippen molar-refractivity contribution in [3.8, 4) is 0 Å². The Hall–Kier alpha value is -1.36. The molecular weight excluding hydrogens is 471 g/mol. The number of amides is 1. The van der Waals surface area contributed by atoms with Gasteiger partial charge in [-0.15, -0.1) is 24.0 Å². The Morgan fingerprint density at radius 1 is 1.32 bits per heavy atom. The highest BCUT2D eigenvalue weighted by molar-refractivity contribution is 14.0. The number of halogens is 1. The number of imidazole rings is 1. The van der Waals surface area contributed by atoms with Crippen molar-refractivity contribution < 1.29 is 9.53 Å². The van der Waals surface area contributed by atoms with E-state index >= 15 is 0 Å². The van der Waals surface area contributed by atoms with Gasteiger partial charge in [0, 0.05) is 58.8 Å². The first-order valence-electron chi connectivity index (χ1n) is 9.94. The van der Waals surface area contributed by atoms with Crippen LogP contribution in [-0.4, -0.2) is 77.2 Å². The topological polar surface area (TPSA) is 75.0 Å². The summed E-state index contributed by atoms with van der Waals surface area (Å²) in [5, 5.41) is 3.42. The number of aromatic nitrogens is 2. The molecule has 2 aliphatic heterocycles. The van der Waals surface area contributed by atoms with E-state index in [1.807, 2.05) is 17.3 Å². The smallest absolute Gasteiger partial charge is 0.251 e. The molecule has 0 aromatic carbocycles. The van der Waals surface area contributed by atoms with Crippen molar-refractivity contribution in [2.24, 2.45) is 10.9 Å². The van der Waals surface area contributed by atoms with Gasteiger partial charge in [-0.25, -0.2) is 4.98 Å². The van der Waals surface area contributed by atoms with Crippen molar-refractivity contribution >= 4 is 35.8 Å². The van der Waals surface area contributed by atoms with E-state index in [1.54, 1.807) is 7.05 Å². The number of nitrogens with one attached hydrogen (secondary N) is 1. The summed E-state index contributed by atoms with van der Waals surface area (Å²) in [5.74, 6) is 2.59. The molecule has 1 aromatic heterocycles. The SMILES string of the molecule is CN=C(NCc1nccn1CC(C)C)N1CCN(C(=O)C2CCCO2)CC1.I. The molecule has 0 radical (unpaired) electrons. The van der Waals surface area contributed by atoms with Crippen molar-refractivity contribution in [2.45, 2.75) is 45.9 Å². The zero-order valence-corrected chi connectivity index (χ0v) is 19.5. The lowest BCUT2D eigenvalue weighted by Gasteiger charge is -2.37. The molecule has 2 aliphatic rings. The van der Waals surface area contributed by atoms with Gasteiger partial charge in [0.2, 0.25) is 0 Å². The third-order valence-corrected chi connectivity index (χ3v) is 5.08. The molecule has 1 amide bonds. The van der Waals surface area contributed by atoms with Gasteiger partial charge in [0.05, 0.1) is 6.54 Å². The molecule has 0 bridgehead atoms. The molecule has 9 heteroatoms. The zero-order chi connectivity index (χ0) is 19.2. The van der Waals surface area contributed by atoms with Gasteiger partial charge in [0.15, 0.2) is 5.96 Å². The molecule has 2 saturated heterocycles. The number of aliphatic imine (C=N–C) groups is 1. The number of carbonyl (C=O) groups excluding carboxylic acids is 1. The molecule has 1 unspecified atom stereocenters. The third kappa shape index (κ3) is 5.82. The van der Waals surface area contributed by atoms with Gasteiger partial charge in [-0.3, -0.25) is 9.79 Å². The van der Waals surface area contributed by atoms with Crippen LogP contribution in [0.15, 0.2) is 17.4 Å². The van der Waals surface area contributed by atoms with E-state index in [0.29, 0.717) is 32.2 Å². The van der Waals surface area contributed by atoms with Crippen LogP contribution >= 0.6 is 24.0 Å². The second-order valence-corrected chi connectivity index (χ2v) is 7.60. The molecule has 1 atom stereocenters. The summed E-state index contributed by atoms with van der Waals surface area (Å²) in [7, 11) is 1.80. The summed E-state index contributed by atoms with van der Waals surface area (Å²) in [6.45, 7) is 9.68. The molecule has 3 rings (SSSR count). The summed E-state index contributed by atoms with van der Waals surface area (Å²) in [5.41, 5.74) is 0. The van der Waals surface area contributed by atoms with E-state index in [4.69, 9.17) is 4.74 Å². The minimum atomic E-state index is -0.228. The molecule has 1 N–H and O–H groups in total. The first-order valence-corrected chi connectivity index (χ1v) is 9.94. The quantitative estimate of drug-likeness (QED) is 0.375. The fourth-order valence-corrected chi connectivity index (χ4v) is 3.67. The highest BCUT2D eigenvalue weighted by atomic mass is 127. The average molecular weight is 504 g/mol. The van der Waals surface area contributed by atoms with Crippen molar-refractivity contribution in [1.82, 2.24) is 24.7 Å². The Bertz CT molecular complexity index is 649. The van der Waals surface area contributed by atoms with Crippen molar-refractivity contribution in [3.05, 3.63) is 18.2 Å². The van der Waals surface area contributed by atoms with Crippen molar-refractivity contribution in [3.63, 3.8) is 0 Å². The lowest BCUT2D eigenvalue weighted by atomic mass is 10.2. The Kier molecular flexibility index (Phi) is 9.00. The van der Waals surface area contributed by atoms with E-state index in [9.17, 15) is 4.79 Å². The first kappa shape index (κ1) is 22.9. The molecule has 0 aliphatic carbocycles. The van der Waals surface area contributed by atoms with E-state index < -0.39 is 0 Å². The van der Waals surface area contributed by atoms with Gasteiger partial charge in [-0.05, 0) is 18.8 Å². The van der Waals surface area contributed by atoms with Crippen LogP contribution in [0.1, 0.15) is 32.5 Å². The zero-order valence-electron chi connectivity index (χ0n) is 17.1. The van der Waals surface area contributed by atoms with E-state index in [-0.39, 0.29) is 36.0 Å². The molecule has 1 aromatic rings. The molecule has 3 heterocycles. The minimum Gasteiger partial charge on any atom is -0.368 e. The van der Waals surface area contributed by atoms with Gasteiger partial charge in [-0.1, -0.05) is 13.8 Å². The molecular formula is C19H33IN6O2. The lowest BCUT2D eigenvalue weighted by Crippen LogP contribution is -2.55. The fourth-order valence-electron chi connectivity index (χ4n) is 3.67. The van der Waals surface area contributed by atoms with E-state index in [0.717, 1.165) is 44.3 Å². The molecule has 8 nitrogen and oxygen atoms in total. The van der Waals surface area contributed by atoms with Crippen LogP contribution in [-0.2, 0) is 22.6 Å². The van der Waals surface area contributed by atoms with Crippen LogP contribution in [0.5, 0.6) is 0 Å². The normalized spacial score (nSPS) is 20.4. The van der Waals surface area contributed by atoms with Crippen LogP contribution < -0.4 is 5.32 Å². The van der Waals surface area contributed by atoms with Crippen LogP contribution in [0.3, 0.4) is 0 Å². The highest BCUT2D eigenvalue weighted by Crippen LogP contribution is 2.16. The van der Waals surface area contributed by atoms with Gasteiger partial charge in [0.1, 0.15) is 11.9 Å². The maximum atomic E-state index is 12.5. The highest BCUT2D eigenvalue weighted by Gasteiger charge is 2.30. The third-order valence-electron chi connectivity index (χ3n) is 5.08. The number of rotatable bonds is 5. The second kappa shape index (κ2) is 11.0.